The lowest BCUT2D eigenvalue weighted by atomic mass is 9.49. The summed E-state index contributed by atoms with van der Waals surface area (Å²) in [7, 11) is -4.97. The highest BCUT2D eigenvalue weighted by atomic mass is 32.2. The van der Waals surface area contributed by atoms with Crippen LogP contribution in [0.4, 0.5) is 18.0 Å². The van der Waals surface area contributed by atoms with Gasteiger partial charge in [0.15, 0.2) is 11.5 Å². The van der Waals surface area contributed by atoms with Crippen molar-refractivity contribution in [1.29, 1.82) is 0 Å². The van der Waals surface area contributed by atoms with Crippen LogP contribution in [-0.4, -0.2) is 61.1 Å². The molecule has 2 aromatic rings. The maximum Gasteiger partial charge on any atom is 0.534 e. The second-order valence-electron chi connectivity index (χ2n) is 10.0. The minimum absolute atomic E-state index is 0.00791. The van der Waals surface area contributed by atoms with Gasteiger partial charge in [-0.1, -0.05) is 36.4 Å². The van der Waals surface area contributed by atoms with Crippen molar-refractivity contribution in [2.45, 2.75) is 61.3 Å². The quantitative estimate of drug-likeness (QED) is 0.429. The molecule has 2 fully saturated rings. The number of methoxy groups -OCH3 is 1. The normalized spacial score (nSPS) is 26.3. The summed E-state index contributed by atoms with van der Waals surface area (Å²) in [6, 6.07) is 10.9. The third-order valence-corrected chi connectivity index (χ3v) is 9.01. The monoisotopic (exact) mass is 569 g/mol. The largest absolute Gasteiger partial charge is 0.534 e. The van der Waals surface area contributed by atoms with Crippen LogP contribution < -0.4 is 8.92 Å². The van der Waals surface area contributed by atoms with Gasteiger partial charge in [-0.05, 0) is 36.5 Å². The van der Waals surface area contributed by atoms with Crippen LogP contribution >= 0.6 is 0 Å². The van der Waals surface area contributed by atoms with E-state index in [0.29, 0.717) is 5.56 Å². The van der Waals surface area contributed by atoms with Crippen molar-refractivity contribution in [2.24, 2.45) is 0 Å². The molecule has 1 N–H and O–H groups in total. The molecular formula is C26H26F3NO8S. The van der Waals surface area contributed by atoms with Crippen molar-refractivity contribution in [3.8, 4) is 11.5 Å². The summed E-state index contributed by atoms with van der Waals surface area (Å²) >= 11 is 0. The topological polar surface area (TPSA) is 119 Å². The lowest BCUT2D eigenvalue weighted by Crippen LogP contribution is -2.74. The van der Waals surface area contributed by atoms with E-state index in [9.17, 15) is 36.3 Å². The van der Waals surface area contributed by atoms with Gasteiger partial charge in [-0.15, -0.1) is 0 Å². The smallest absolute Gasteiger partial charge is 0.493 e. The van der Waals surface area contributed by atoms with E-state index < -0.39 is 44.5 Å². The highest BCUT2D eigenvalue weighted by Crippen LogP contribution is 2.61. The number of carbonyl (C=O) groups excluding carboxylic acids is 2. The zero-order chi connectivity index (χ0) is 28.2. The van der Waals surface area contributed by atoms with Crippen molar-refractivity contribution >= 4 is 22.0 Å². The number of Topliss-reactive ketones (excluding diaryl/α,β-unsaturated/α-hetero) is 1. The predicted octanol–water partition coefficient (Wildman–Crippen LogP) is 3.61. The number of hydrogen-bond acceptors (Lipinski definition) is 8. The lowest BCUT2D eigenvalue weighted by Gasteiger charge is -2.62. The Balaban J connectivity index is 1.59. The number of aliphatic hydroxyl groups is 1. The van der Waals surface area contributed by atoms with Gasteiger partial charge in [0.25, 0.3) is 0 Å². The van der Waals surface area contributed by atoms with Crippen LogP contribution in [0.2, 0.25) is 0 Å². The molecule has 5 rings (SSSR count). The Morgan fingerprint density at radius 1 is 1.15 bits per heavy atom. The van der Waals surface area contributed by atoms with E-state index in [-0.39, 0.29) is 62.4 Å². The van der Waals surface area contributed by atoms with Gasteiger partial charge in [0.2, 0.25) is 0 Å². The lowest BCUT2D eigenvalue weighted by molar-refractivity contribution is -0.167. The van der Waals surface area contributed by atoms with Crippen LogP contribution in [0.3, 0.4) is 0 Å². The van der Waals surface area contributed by atoms with Gasteiger partial charge in [0.05, 0.1) is 18.8 Å². The fourth-order valence-electron chi connectivity index (χ4n) is 6.30. The van der Waals surface area contributed by atoms with Gasteiger partial charge in [0.1, 0.15) is 12.4 Å². The number of likely N-dealkylation sites (tertiary alicyclic amines) is 1. The molecule has 2 aromatic carbocycles. The third-order valence-electron chi connectivity index (χ3n) is 8.06. The number of alkyl halides is 3. The zero-order valence-electron chi connectivity index (χ0n) is 20.9. The summed E-state index contributed by atoms with van der Waals surface area (Å²) in [6.07, 6.45) is -1.13. The first-order valence-corrected chi connectivity index (χ1v) is 13.7. The molecule has 39 heavy (non-hydrogen) atoms. The van der Waals surface area contributed by atoms with Gasteiger partial charge in [-0.2, -0.15) is 21.6 Å². The Hall–Kier alpha value is -3.32. The maximum atomic E-state index is 13.3. The Bertz CT molecular complexity index is 1410. The molecule has 1 amide bonds. The molecule has 1 saturated heterocycles. The van der Waals surface area contributed by atoms with Crippen LogP contribution in [0.1, 0.15) is 42.4 Å². The average molecular weight is 570 g/mol. The van der Waals surface area contributed by atoms with E-state index in [2.05, 4.69) is 4.18 Å². The number of ketones is 1. The number of carbonyl (C=O) groups is 2. The second-order valence-corrected chi connectivity index (χ2v) is 11.6. The van der Waals surface area contributed by atoms with Gasteiger partial charge in [-0.25, -0.2) is 4.79 Å². The number of fused-ring (bicyclic) bond motifs is 1. The number of hydrogen-bond donors (Lipinski definition) is 1. The van der Waals surface area contributed by atoms with Crippen LogP contribution in [0, 0.1) is 0 Å². The molecule has 9 nitrogen and oxygen atoms in total. The van der Waals surface area contributed by atoms with Crippen molar-refractivity contribution in [2.75, 3.05) is 13.7 Å². The molecule has 0 radical (unpaired) electrons. The fraction of sp³-hybridized carbons (Fsp3) is 0.462. The first-order chi connectivity index (χ1) is 18.3. The number of nitrogens with zero attached hydrogens (tertiary/aromatic N) is 1. The third kappa shape index (κ3) is 4.31. The number of ether oxygens (including phenoxy) is 2. The van der Waals surface area contributed by atoms with E-state index >= 15 is 0 Å². The van der Waals surface area contributed by atoms with Crippen molar-refractivity contribution < 1.29 is 49.9 Å². The SMILES string of the molecule is COc1ccc2c(c1OS(=O)(=O)C(F)(F)F)[C@]13CCN(C(=O)OCc4ccccc4)C(C2)[C@]1(O)CCC(=O)C3. The summed E-state index contributed by atoms with van der Waals surface area (Å²) in [5.74, 6) is -1.25. The number of rotatable bonds is 5. The maximum absolute atomic E-state index is 13.3. The highest BCUT2D eigenvalue weighted by Gasteiger charge is 2.67. The molecule has 1 aliphatic heterocycles. The Kier molecular flexibility index (Phi) is 6.57. The van der Waals surface area contributed by atoms with E-state index in [1.807, 2.05) is 6.07 Å². The Morgan fingerprint density at radius 3 is 2.54 bits per heavy atom. The molecule has 3 atom stereocenters. The summed E-state index contributed by atoms with van der Waals surface area (Å²) in [5, 5.41) is 12.2. The molecule has 13 heteroatoms. The zero-order valence-corrected chi connectivity index (χ0v) is 21.7. The van der Waals surface area contributed by atoms with E-state index in [0.717, 1.165) is 12.7 Å². The summed E-state index contributed by atoms with van der Waals surface area (Å²) < 4.78 is 79.5. The molecule has 0 spiro atoms. The Labute approximate surface area is 222 Å². The highest BCUT2D eigenvalue weighted by molar-refractivity contribution is 7.88. The molecule has 1 unspecified atom stereocenters. The van der Waals surface area contributed by atoms with E-state index in [1.165, 1.54) is 17.0 Å². The van der Waals surface area contributed by atoms with Gasteiger partial charge in [-0.3, -0.25) is 4.79 Å². The molecule has 1 heterocycles. The fourth-order valence-corrected chi connectivity index (χ4v) is 6.78. The van der Waals surface area contributed by atoms with Gasteiger partial charge >= 0.3 is 21.7 Å². The molecule has 210 valence electrons. The molecule has 1 saturated carbocycles. The average Bonchev–Trinajstić information content (AvgIpc) is 2.87. The second kappa shape index (κ2) is 9.40. The molecular weight excluding hydrogens is 543 g/mol. The molecule has 0 aromatic heterocycles. The molecule has 2 aliphatic carbocycles. The van der Waals surface area contributed by atoms with Crippen LogP contribution in [0.5, 0.6) is 11.5 Å². The first-order valence-electron chi connectivity index (χ1n) is 12.3. The van der Waals surface area contributed by atoms with Crippen LogP contribution in [-0.2, 0) is 38.1 Å². The summed E-state index contributed by atoms with van der Waals surface area (Å²) in [5.41, 5.74) is -7.92. The first kappa shape index (κ1) is 27.3. The molecule has 2 bridgehead atoms. The van der Waals surface area contributed by atoms with Gasteiger partial charge < -0.3 is 23.7 Å². The van der Waals surface area contributed by atoms with E-state index in [1.54, 1.807) is 24.3 Å². The van der Waals surface area contributed by atoms with Crippen molar-refractivity contribution in [3.63, 3.8) is 0 Å². The number of piperidine rings is 1. The number of benzene rings is 2. The van der Waals surface area contributed by atoms with Crippen molar-refractivity contribution in [3.05, 3.63) is 59.2 Å². The van der Waals surface area contributed by atoms with Crippen molar-refractivity contribution in [1.82, 2.24) is 4.90 Å². The van der Waals surface area contributed by atoms with E-state index in [4.69, 9.17) is 9.47 Å². The molecule has 3 aliphatic rings. The van der Waals surface area contributed by atoms with Crippen LogP contribution in [0.25, 0.3) is 0 Å². The standard InChI is InChI=1S/C26H26F3NO8S/c1-36-19-8-7-17-13-20-25(33)10-9-18(31)14-24(25,21(17)22(19)38-39(34,35)26(27,28)29)11-12-30(20)23(32)37-15-16-5-3-2-4-6-16/h2-8,20,33H,9-15H2,1H3/t20?,24-,25-/m1/s1. The van der Waals surface area contributed by atoms with Gasteiger partial charge in [0, 0.05) is 30.4 Å². The summed E-state index contributed by atoms with van der Waals surface area (Å²) in [4.78, 5) is 27.4. The Morgan fingerprint density at radius 2 is 1.87 bits per heavy atom. The number of amides is 1. The minimum atomic E-state index is -6.11. The number of halogens is 3. The summed E-state index contributed by atoms with van der Waals surface area (Å²) in [6.45, 7) is 0.00200. The van der Waals surface area contributed by atoms with Crippen LogP contribution in [0.15, 0.2) is 42.5 Å². The predicted molar refractivity (Wildman–Crippen MR) is 130 cm³/mol. The minimum Gasteiger partial charge on any atom is -0.493 e.